The number of thiazole rings is 1. The molecule has 1 N–H and O–H groups in total. The van der Waals surface area contributed by atoms with Crippen LogP contribution in [0.5, 0.6) is 5.75 Å². The van der Waals surface area contributed by atoms with Crippen molar-refractivity contribution < 1.29 is 32.3 Å². The fraction of sp³-hybridized carbons (Fsp3) is 0.385. The zero-order chi connectivity index (χ0) is 28.2. The summed E-state index contributed by atoms with van der Waals surface area (Å²) in [5.41, 5.74) is 1.86. The molecule has 2 aromatic heterocycles. The maximum absolute atomic E-state index is 12.7. The molecule has 1 aliphatic carbocycles. The van der Waals surface area contributed by atoms with E-state index in [-0.39, 0.29) is 28.5 Å². The van der Waals surface area contributed by atoms with Gasteiger partial charge in [0.15, 0.2) is 14.6 Å². The number of rotatable bonds is 9. The van der Waals surface area contributed by atoms with Crippen LogP contribution in [-0.2, 0) is 43.5 Å². The van der Waals surface area contributed by atoms with Gasteiger partial charge in [-0.3, -0.25) is 9.59 Å². The molecule has 3 aromatic rings. The van der Waals surface area contributed by atoms with Crippen molar-refractivity contribution in [1.82, 2.24) is 4.57 Å². The Labute approximate surface area is 233 Å². The van der Waals surface area contributed by atoms with Crippen molar-refractivity contribution in [2.75, 3.05) is 30.5 Å². The predicted octanol–water partition coefficient (Wildman–Crippen LogP) is 2.94. The van der Waals surface area contributed by atoms with E-state index in [9.17, 15) is 22.8 Å². The van der Waals surface area contributed by atoms with E-state index in [4.69, 9.17) is 15.9 Å². The van der Waals surface area contributed by atoms with Crippen LogP contribution < -0.4 is 14.9 Å². The van der Waals surface area contributed by atoms with Gasteiger partial charge in [-0.2, -0.15) is 4.99 Å². The summed E-state index contributed by atoms with van der Waals surface area (Å²) in [7, 11) is -2.63. The second-order valence-corrected chi connectivity index (χ2v) is 12.9. The number of aryl methyl sites for hydroxylation is 1. The number of nitrogens with one attached hydrogen (secondary N) is 1. The highest BCUT2D eigenvalue weighted by Gasteiger charge is 2.28. The second kappa shape index (κ2) is 12.1. The molecule has 0 fully saturated rings. The van der Waals surface area contributed by atoms with Crippen LogP contribution in [0.3, 0.4) is 0 Å². The van der Waals surface area contributed by atoms with Crippen molar-refractivity contribution >= 4 is 65.5 Å². The summed E-state index contributed by atoms with van der Waals surface area (Å²) in [6.07, 6.45) is 8.83. The summed E-state index contributed by atoms with van der Waals surface area (Å²) in [5, 5.41) is 2.83. The molecule has 2 amide bonds. The molecule has 2 heterocycles. The van der Waals surface area contributed by atoms with Crippen LogP contribution in [0, 0.1) is 12.3 Å². The molecular formula is C26H27N3O7S3. The van der Waals surface area contributed by atoms with E-state index >= 15 is 0 Å². The summed E-state index contributed by atoms with van der Waals surface area (Å²) >= 11 is 2.43. The number of hydrogen-bond acceptors (Lipinski definition) is 9. The number of sulfone groups is 1. The van der Waals surface area contributed by atoms with Gasteiger partial charge in [0.05, 0.1) is 36.0 Å². The molecule has 0 radical (unpaired) electrons. The van der Waals surface area contributed by atoms with E-state index in [1.165, 1.54) is 29.8 Å². The van der Waals surface area contributed by atoms with Gasteiger partial charge in [-0.1, -0.05) is 17.3 Å². The number of terminal acetylenes is 1. The van der Waals surface area contributed by atoms with Gasteiger partial charge < -0.3 is 19.4 Å². The number of carbonyl (C=O) groups excluding carboxylic acids is 3. The molecule has 0 atom stereocenters. The highest BCUT2D eigenvalue weighted by molar-refractivity contribution is 7.92. The molecule has 13 heteroatoms. The maximum Gasteiger partial charge on any atom is 0.341 e. The van der Waals surface area contributed by atoms with E-state index in [1.807, 2.05) is 0 Å². The molecule has 0 saturated carbocycles. The van der Waals surface area contributed by atoms with Crippen molar-refractivity contribution in [1.29, 1.82) is 0 Å². The summed E-state index contributed by atoms with van der Waals surface area (Å²) in [6.45, 7) is 1.99. The van der Waals surface area contributed by atoms with Crippen LogP contribution in [0.2, 0.25) is 0 Å². The minimum atomic E-state index is -4.16. The Balaban J connectivity index is 1.51. The van der Waals surface area contributed by atoms with Gasteiger partial charge in [-0.15, -0.1) is 17.8 Å². The normalized spacial score (nSPS) is 13.5. The third-order valence-electron chi connectivity index (χ3n) is 5.96. The first-order valence-electron chi connectivity index (χ1n) is 12.2. The number of benzene rings is 1. The van der Waals surface area contributed by atoms with Crippen molar-refractivity contribution in [3.05, 3.63) is 39.0 Å². The maximum atomic E-state index is 12.7. The third kappa shape index (κ3) is 6.58. The molecular weight excluding hydrogens is 563 g/mol. The number of aromatic nitrogens is 1. The molecule has 0 unspecified atom stereocenters. The first-order chi connectivity index (χ1) is 18.7. The van der Waals surface area contributed by atoms with Gasteiger partial charge in [-0.05, 0) is 56.4 Å². The first-order valence-corrected chi connectivity index (χ1v) is 15.6. The topological polar surface area (TPSA) is 133 Å². The number of hydrogen-bond donors (Lipinski definition) is 1. The van der Waals surface area contributed by atoms with Gasteiger partial charge in [-0.25, -0.2) is 13.2 Å². The molecule has 0 spiro atoms. The SMILES string of the molecule is C#CCn1c(=NC(=O)CS(=O)(=O)CC(=O)Nc2sc3c(c2C(=O)OCC)CCCC3)sc2cc(OC)ccc21. The van der Waals surface area contributed by atoms with E-state index in [2.05, 4.69) is 16.2 Å². The number of fused-ring (bicyclic) bond motifs is 2. The molecule has 39 heavy (non-hydrogen) atoms. The first kappa shape index (κ1) is 28.5. The third-order valence-corrected chi connectivity index (χ3v) is 9.60. The van der Waals surface area contributed by atoms with E-state index in [0.29, 0.717) is 12.2 Å². The van der Waals surface area contributed by atoms with Crippen LogP contribution in [0.25, 0.3) is 10.2 Å². The minimum Gasteiger partial charge on any atom is -0.497 e. The Morgan fingerprint density at radius 1 is 1.18 bits per heavy atom. The number of nitrogens with zero attached hydrogens (tertiary/aromatic N) is 2. The molecule has 1 aromatic carbocycles. The Morgan fingerprint density at radius 3 is 2.67 bits per heavy atom. The lowest BCUT2D eigenvalue weighted by Gasteiger charge is -2.12. The van der Waals surface area contributed by atoms with E-state index in [1.54, 1.807) is 29.7 Å². The largest absolute Gasteiger partial charge is 0.497 e. The van der Waals surface area contributed by atoms with Crippen molar-refractivity contribution in [2.45, 2.75) is 39.2 Å². The van der Waals surface area contributed by atoms with Crippen molar-refractivity contribution in [2.24, 2.45) is 4.99 Å². The molecule has 10 nitrogen and oxygen atoms in total. The van der Waals surface area contributed by atoms with Crippen LogP contribution in [-0.4, -0.2) is 56.0 Å². The Kier molecular flexibility index (Phi) is 8.89. The van der Waals surface area contributed by atoms with Gasteiger partial charge in [0.25, 0.3) is 5.91 Å². The number of anilines is 1. The average molecular weight is 590 g/mol. The highest BCUT2D eigenvalue weighted by atomic mass is 32.2. The van der Waals surface area contributed by atoms with Crippen LogP contribution >= 0.6 is 22.7 Å². The second-order valence-electron chi connectivity index (χ2n) is 8.73. The van der Waals surface area contributed by atoms with E-state index in [0.717, 1.165) is 39.9 Å². The zero-order valence-electron chi connectivity index (χ0n) is 21.4. The number of methoxy groups -OCH3 is 1. The molecule has 206 valence electrons. The molecule has 1 aliphatic rings. The van der Waals surface area contributed by atoms with Crippen LogP contribution in [0.4, 0.5) is 5.00 Å². The molecule has 0 saturated heterocycles. The lowest BCUT2D eigenvalue weighted by molar-refractivity contribution is -0.115. The van der Waals surface area contributed by atoms with Gasteiger partial charge in [0.1, 0.15) is 22.3 Å². The Bertz CT molecular complexity index is 1660. The van der Waals surface area contributed by atoms with Gasteiger partial charge >= 0.3 is 5.97 Å². The van der Waals surface area contributed by atoms with Gasteiger partial charge in [0.2, 0.25) is 5.91 Å². The smallest absolute Gasteiger partial charge is 0.341 e. The summed E-state index contributed by atoms with van der Waals surface area (Å²) < 4.78 is 38.3. The zero-order valence-corrected chi connectivity index (χ0v) is 23.9. The summed E-state index contributed by atoms with van der Waals surface area (Å²) in [6, 6.07) is 5.29. The summed E-state index contributed by atoms with van der Waals surface area (Å²) in [5.74, 6) is -1.10. The van der Waals surface area contributed by atoms with Crippen molar-refractivity contribution in [3.8, 4) is 18.1 Å². The minimum absolute atomic E-state index is 0.126. The number of carbonyl (C=O) groups is 3. The fourth-order valence-corrected chi connectivity index (χ4v) is 7.71. The average Bonchev–Trinajstić information content (AvgIpc) is 3.40. The van der Waals surface area contributed by atoms with Crippen LogP contribution in [0.15, 0.2) is 23.2 Å². The quantitative estimate of drug-likeness (QED) is 0.300. The molecule has 0 aliphatic heterocycles. The number of amides is 2. The summed E-state index contributed by atoms with van der Waals surface area (Å²) in [4.78, 5) is 43.2. The standard InChI is InChI=1S/C26H27N3O7S3/c1-4-12-29-18-11-10-16(35-3)13-20(18)38-26(29)28-22(31)15-39(33,34)14-21(30)27-24-23(25(32)36-5-2)17-8-6-7-9-19(17)37-24/h1,10-11,13H,5-9,12,14-15H2,2-3H3,(H,27,30). The molecule has 4 rings (SSSR count). The fourth-order valence-electron chi connectivity index (χ4n) is 4.32. The number of esters is 1. The number of thiophene rings is 1. The Hall–Kier alpha value is -3.47. The lowest BCUT2D eigenvalue weighted by atomic mass is 9.95. The predicted molar refractivity (Wildman–Crippen MR) is 150 cm³/mol. The van der Waals surface area contributed by atoms with Crippen molar-refractivity contribution in [3.63, 3.8) is 0 Å². The highest BCUT2D eigenvalue weighted by Crippen LogP contribution is 2.38. The monoisotopic (exact) mass is 589 g/mol. The number of ether oxygens (including phenoxy) is 2. The lowest BCUT2D eigenvalue weighted by Crippen LogP contribution is -2.28. The van der Waals surface area contributed by atoms with E-state index < -0.39 is 39.1 Å². The van der Waals surface area contributed by atoms with Crippen LogP contribution in [0.1, 0.15) is 40.6 Å². The molecule has 0 bridgehead atoms. The Morgan fingerprint density at radius 2 is 1.95 bits per heavy atom. The van der Waals surface area contributed by atoms with Gasteiger partial charge in [0, 0.05) is 4.88 Å².